The number of benzene rings is 3. The van der Waals surface area contributed by atoms with Gasteiger partial charge in [-0.25, -0.2) is 4.98 Å². The van der Waals surface area contributed by atoms with Gasteiger partial charge in [0.25, 0.3) is 5.91 Å². The second-order valence-electron chi connectivity index (χ2n) is 6.56. The van der Waals surface area contributed by atoms with Gasteiger partial charge in [0.2, 0.25) is 0 Å². The van der Waals surface area contributed by atoms with Crippen LogP contribution in [0.25, 0.3) is 20.8 Å². The minimum atomic E-state index is -0.467. The van der Waals surface area contributed by atoms with E-state index in [4.69, 9.17) is 51.8 Å². The second-order valence-corrected chi connectivity index (χ2v) is 9.22. The van der Waals surface area contributed by atoms with E-state index in [1.165, 1.54) is 19.2 Å². The summed E-state index contributed by atoms with van der Waals surface area (Å²) in [5.41, 5.74) is 2.61. The maximum atomic E-state index is 12.5. The number of halogens is 3. The molecular formula is C22H14Cl3N3O2S2. The van der Waals surface area contributed by atoms with Crippen LogP contribution < -0.4 is 15.4 Å². The van der Waals surface area contributed by atoms with Gasteiger partial charge >= 0.3 is 0 Å². The molecule has 4 aromatic rings. The summed E-state index contributed by atoms with van der Waals surface area (Å²) in [4.78, 5) is 17.1. The third-order valence-electron chi connectivity index (χ3n) is 4.44. The Morgan fingerprint density at radius 1 is 1.03 bits per heavy atom. The standard InChI is InChI=1S/C22H14Cl3N3O2S2/c1-30-19-15(24)8-11(9-16(19)25)20(29)28-22(31)26-12-6-7-13(14(23)10-12)21-27-17-4-2-3-5-18(17)32-21/h2-10H,1H3,(H2,26,28,29,31). The Kier molecular flexibility index (Phi) is 6.83. The monoisotopic (exact) mass is 521 g/mol. The number of fused-ring (bicyclic) bond motifs is 1. The highest BCUT2D eigenvalue weighted by Crippen LogP contribution is 2.36. The number of methoxy groups -OCH3 is 1. The minimum absolute atomic E-state index is 0.0990. The first-order chi connectivity index (χ1) is 15.4. The zero-order chi connectivity index (χ0) is 22.8. The van der Waals surface area contributed by atoms with Gasteiger partial charge < -0.3 is 10.1 Å². The molecule has 2 N–H and O–H groups in total. The molecule has 0 fully saturated rings. The molecule has 0 saturated carbocycles. The smallest absolute Gasteiger partial charge is 0.257 e. The van der Waals surface area contributed by atoms with E-state index in [0.717, 1.165) is 20.8 Å². The molecule has 1 aromatic heterocycles. The maximum absolute atomic E-state index is 12.5. The molecule has 0 aliphatic carbocycles. The average molecular weight is 523 g/mol. The van der Waals surface area contributed by atoms with Crippen LogP contribution in [-0.2, 0) is 0 Å². The van der Waals surface area contributed by atoms with Crippen LogP contribution >= 0.6 is 58.4 Å². The van der Waals surface area contributed by atoms with Crippen molar-refractivity contribution in [1.29, 1.82) is 0 Å². The van der Waals surface area contributed by atoms with Gasteiger partial charge in [-0.15, -0.1) is 11.3 Å². The molecule has 10 heteroatoms. The van der Waals surface area contributed by atoms with Gasteiger partial charge in [0.15, 0.2) is 10.9 Å². The molecule has 162 valence electrons. The van der Waals surface area contributed by atoms with E-state index in [1.807, 2.05) is 36.4 Å². The molecule has 32 heavy (non-hydrogen) atoms. The molecule has 0 radical (unpaired) electrons. The predicted molar refractivity (Wildman–Crippen MR) is 137 cm³/mol. The Morgan fingerprint density at radius 3 is 2.41 bits per heavy atom. The zero-order valence-corrected chi connectivity index (χ0v) is 20.3. The summed E-state index contributed by atoms with van der Waals surface area (Å²) in [6.07, 6.45) is 0. The Labute approximate surface area is 208 Å². The van der Waals surface area contributed by atoms with Crippen molar-refractivity contribution in [2.24, 2.45) is 0 Å². The van der Waals surface area contributed by atoms with Gasteiger partial charge in [-0.2, -0.15) is 0 Å². The van der Waals surface area contributed by atoms with Gasteiger partial charge in [0.1, 0.15) is 5.01 Å². The Balaban J connectivity index is 1.46. The summed E-state index contributed by atoms with van der Waals surface area (Å²) >= 11 is 25.5. The number of hydrogen-bond donors (Lipinski definition) is 2. The highest BCUT2D eigenvalue weighted by Gasteiger charge is 2.15. The second kappa shape index (κ2) is 9.60. The van der Waals surface area contributed by atoms with Crippen LogP contribution in [0.4, 0.5) is 5.69 Å². The number of carbonyl (C=O) groups is 1. The number of ether oxygens (including phenoxy) is 1. The predicted octanol–water partition coefficient (Wildman–Crippen LogP) is 7.06. The highest BCUT2D eigenvalue weighted by atomic mass is 35.5. The van der Waals surface area contributed by atoms with Crippen LogP contribution in [0.1, 0.15) is 10.4 Å². The molecule has 0 bridgehead atoms. The lowest BCUT2D eigenvalue weighted by molar-refractivity contribution is 0.0977. The van der Waals surface area contributed by atoms with Gasteiger partial charge in [-0.05, 0) is 54.7 Å². The van der Waals surface area contributed by atoms with E-state index in [9.17, 15) is 4.79 Å². The van der Waals surface area contributed by atoms with Crippen LogP contribution in [-0.4, -0.2) is 23.1 Å². The summed E-state index contributed by atoms with van der Waals surface area (Å²) in [5.74, 6) is -0.167. The molecule has 0 aliphatic heterocycles. The Hall–Kier alpha value is -2.42. The number of amides is 1. The molecule has 1 heterocycles. The number of nitrogens with one attached hydrogen (secondary N) is 2. The summed E-state index contributed by atoms with van der Waals surface area (Å²) in [6.45, 7) is 0. The Bertz CT molecular complexity index is 1300. The van der Waals surface area contributed by atoms with Crippen molar-refractivity contribution >= 4 is 85.3 Å². The van der Waals surface area contributed by atoms with Crippen molar-refractivity contribution in [2.45, 2.75) is 0 Å². The van der Waals surface area contributed by atoms with E-state index in [1.54, 1.807) is 17.4 Å². The minimum Gasteiger partial charge on any atom is -0.494 e. The molecule has 0 unspecified atom stereocenters. The van der Waals surface area contributed by atoms with Crippen LogP contribution in [0.5, 0.6) is 5.75 Å². The van der Waals surface area contributed by atoms with Gasteiger partial charge in [-0.1, -0.05) is 46.9 Å². The van der Waals surface area contributed by atoms with E-state index in [-0.39, 0.29) is 20.7 Å². The van der Waals surface area contributed by atoms with Crippen LogP contribution in [0.15, 0.2) is 54.6 Å². The molecule has 0 spiro atoms. The lowest BCUT2D eigenvalue weighted by Crippen LogP contribution is -2.34. The highest BCUT2D eigenvalue weighted by molar-refractivity contribution is 7.80. The third kappa shape index (κ3) is 4.82. The first-order valence-corrected chi connectivity index (χ1v) is 11.5. The number of nitrogens with zero attached hydrogens (tertiary/aromatic N) is 1. The summed E-state index contributed by atoms with van der Waals surface area (Å²) < 4.78 is 6.18. The number of rotatable bonds is 4. The van der Waals surface area contributed by atoms with Crippen molar-refractivity contribution < 1.29 is 9.53 Å². The third-order valence-corrected chi connectivity index (χ3v) is 6.59. The number of thiocarbonyl (C=S) groups is 1. The first kappa shape index (κ1) is 22.8. The first-order valence-electron chi connectivity index (χ1n) is 9.16. The van der Waals surface area contributed by atoms with E-state index >= 15 is 0 Å². The zero-order valence-electron chi connectivity index (χ0n) is 16.4. The summed E-state index contributed by atoms with van der Waals surface area (Å²) in [6, 6.07) is 16.2. The number of hydrogen-bond acceptors (Lipinski definition) is 5. The van der Waals surface area contributed by atoms with Crippen molar-refractivity contribution in [3.05, 3.63) is 75.2 Å². The van der Waals surface area contributed by atoms with Crippen molar-refractivity contribution in [3.63, 3.8) is 0 Å². The number of para-hydroxylation sites is 1. The molecule has 0 saturated heterocycles. The average Bonchev–Trinajstić information content (AvgIpc) is 3.17. The van der Waals surface area contributed by atoms with Crippen LogP contribution in [0.3, 0.4) is 0 Å². The molecule has 3 aromatic carbocycles. The van der Waals surface area contributed by atoms with Crippen LogP contribution in [0.2, 0.25) is 15.1 Å². The number of thiazole rings is 1. The molecule has 0 atom stereocenters. The number of aromatic nitrogens is 1. The lowest BCUT2D eigenvalue weighted by Gasteiger charge is -2.12. The van der Waals surface area contributed by atoms with E-state index < -0.39 is 5.91 Å². The lowest BCUT2D eigenvalue weighted by atomic mass is 10.2. The Morgan fingerprint density at radius 2 is 1.75 bits per heavy atom. The summed E-state index contributed by atoms with van der Waals surface area (Å²) in [7, 11) is 1.44. The summed E-state index contributed by atoms with van der Waals surface area (Å²) in [5, 5.41) is 7.42. The molecule has 5 nitrogen and oxygen atoms in total. The fourth-order valence-electron chi connectivity index (χ4n) is 2.98. The fourth-order valence-corrected chi connectivity index (χ4v) is 5.16. The maximum Gasteiger partial charge on any atom is 0.257 e. The van der Waals surface area contributed by atoms with Gasteiger partial charge in [0.05, 0.1) is 32.4 Å². The van der Waals surface area contributed by atoms with Crippen LogP contribution in [0, 0.1) is 0 Å². The van der Waals surface area contributed by atoms with Gasteiger partial charge in [0, 0.05) is 16.8 Å². The quantitative estimate of drug-likeness (QED) is 0.281. The molecule has 1 amide bonds. The van der Waals surface area contributed by atoms with Crippen molar-refractivity contribution in [2.75, 3.05) is 12.4 Å². The van der Waals surface area contributed by atoms with E-state index in [2.05, 4.69) is 15.6 Å². The number of anilines is 1. The van der Waals surface area contributed by atoms with Crippen molar-refractivity contribution in [1.82, 2.24) is 10.3 Å². The van der Waals surface area contributed by atoms with E-state index in [0.29, 0.717) is 16.5 Å². The molecule has 4 rings (SSSR count). The van der Waals surface area contributed by atoms with Crippen molar-refractivity contribution in [3.8, 4) is 16.3 Å². The van der Waals surface area contributed by atoms with Gasteiger partial charge in [-0.3, -0.25) is 10.1 Å². The SMILES string of the molecule is COc1c(Cl)cc(C(=O)NC(=S)Nc2ccc(-c3nc4ccccc4s3)c(Cl)c2)cc1Cl. The fraction of sp³-hybridized carbons (Fsp3) is 0.0455. The number of carbonyl (C=O) groups excluding carboxylic acids is 1. The largest absolute Gasteiger partial charge is 0.494 e. The molecular weight excluding hydrogens is 509 g/mol. The normalized spacial score (nSPS) is 10.8. The molecule has 0 aliphatic rings. The topological polar surface area (TPSA) is 63.2 Å².